The second kappa shape index (κ2) is 7.77. The molecule has 26 heavy (non-hydrogen) atoms. The molecule has 2 aromatic carbocycles. The van der Waals surface area contributed by atoms with Gasteiger partial charge in [0, 0.05) is 23.2 Å². The predicted octanol–water partition coefficient (Wildman–Crippen LogP) is 3.27. The van der Waals surface area contributed by atoms with Crippen molar-refractivity contribution in [1.82, 2.24) is 4.90 Å². The van der Waals surface area contributed by atoms with E-state index in [9.17, 15) is 18.3 Å². The smallest absolute Gasteiger partial charge is 0.321 e. The van der Waals surface area contributed by atoms with Gasteiger partial charge in [-0.05, 0) is 61.4 Å². The molecular formula is C18H19BrN2O4S. The Morgan fingerprint density at radius 2 is 1.65 bits per heavy atom. The summed E-state index contributed by atoms with van der Waals surface area (Å²) in [5.74, 6) is 0. The Morgan fingerprint density at radius 1 is 1.08 bits per heavy atom. The number of carbonyl (C=O) groups excluding carboxylic acids is 1. The summed E-state index contributed by atoms with van der Waals surface area (Å²) in [6.07, 6.45) is 0.971. The van der Waals surface area contributed by atoms with Crippen LogP contribution in [0.2, 0.25) is 0 Å². The van der Waals surface area contributed by atoms with E-state index in [1.807, 2.05) is 0 Å². The van der Waals surface area contributed by atoms with Crippen molar-refractivity contribution in [3.05, 3.63) is 53.0 Å². The quantitative estimate of drug-likeness (QED) is 0.769. The largest absolute Gasteiger partial charge is 0.391 e. The van der Waals surface area contributed by atoms with Crippen LogP contribution in [0, 0.1) is 0 Å². The van der Waals surface area contributed by atoms with Gasteiger partial charge >= 0.3 is 6.03 Å². The number of anilines is 1. The normalized spacial score (nSPS) is 17.8. The van der Waals surface area contributed by atoms with Gasteiger partial charge in [0.05, 0.1) is 15.9 Å². The lowest BCUT2D eigenvalue weighted by Crippen LogP contribution is -2.44. The van der Waals surface area contributed by atoms with E-state index in [2.05, 4.69) is 21.2 Å². The van der Waals surface area contributed by atoms with Gasteiger partial charge in [-0.1, -0.05) is 15.9 Å². The molecule has 0 aromatic heterocycles. The monoisotopic (exact) mass is 438 g/mol. The second-order valence-electron chi connectivity index (χ2n) is 6.15. The molecule has 0 radical (unpaired) electrons. The topological polar surface area (TPSA) is 86.7 Å². The lowest BCUT2D eigenvalue weighted by molar-refractivity contribution is 0.0883. The Morgan fingerprint density at radius 3 is 2.23 bits per heavy atom. The highest BCUT2D eigenvalue weighted by molar-refractivity contribution is 9.10. The van der Waals surface area contributed by atoms with Crippen molar-refractivity contribution in [2.75, 3.05) is 18.4 Å². The highest BCUT2D eigenvalue weighted by Gasteiger charge is 2.22. The molecule has 2 N–H and O–H groups in total. The number of nitrogens with zero attached hydrogens (tertiary/aromatic N) is 1. The zero-order valence-corrected chi connectivity index (χ0v) is 16.3. The van der Waals surface area contributed by atoms with Gasteiger partial charge < -0.3 is 15.3 Å². The molecule has 1 atom stereocenters. The maximum Gasteiger partial charge on any atom is 0.321 e. The average molecular weight is 439 g/mol. The number of aliphatic hydroxyl groups is 1. The molecule has 0 aliphatic carbocycles. The summed E-state index contributed by atoms with van der Waals surface area (Å²) in [7, 11) is -3.61. The molecule has 2 amide bonds. The molecule has 0 bridgehead atoms. The summed E-state index contributed by atoms with van der Waals surface area (Å²) < 4.78 is 26.0. The average Bonchev–Trinajstić information content (AvgIpc) is 2.62. The Bertz CT molecular complexity index is 882. The number of urea groups is 1. The van der Waals surface area contributed by atoms with Gasteiger partial charge in [0.2, 0.25) is 9.84 Å². The number of halogens is 1. The number of likely N-dealkylation sites (tertiary alicyclic amines) is 1. The lowest BCUT2D eigenvalue weighted by atomic mass is 10.1. The van der Waals surface area contributed by atoms with Crippen molar-refractivity contribution in [1.29, 1.82) is 0 Å². The zero-order valence-electron chi connectivity index (χ0n) is 13.9. The molecule has 1 saturated heterocycles. The van der Waals surface area contributed by atoms with Crippen LogP contribution in [0.3, 0.4) is 0 Å². The molecule has 0 spiro atoms. The van der Waals surface area contributed by atoms with Gasteiger partial charge in [0.1, 0.15) is 0 Å². The van der Waals surface area contributed by atoms with Gasteiger partial charge in [0.25, 0.3) is 0 Å². The van der Waals surface area contributed by atoms with E-state index in [0.29, 0.717) is 25.2 Å². The first-order chi connectivity index (χ1) is 12.4. The van der Waals surface area contributed by atoms with Crippen molar-refractivity contribution in [2.24, 2.45) is 0 Å². The minimum Gasteiger partial charge on any atom is -0.391 e. The third kappa shape index (κ3) is 4.25. The van der Waals surface area contributed by atoms with Crippen LogP contribution in [-0.4, -0.2) is 43.6 Å². The number of amides is 2. The van der Waals surface area contributed by atoms with E-state index >= 15 is 0 Å². The summed E-state index contributed by atoms with van der Waals surface area (Å²) in [6, 6.07) is 12.2. The zero-order chi connectivity index (χ0) is 18.7. The number of carbonyl (C=O) groups is 1. The van der Waals surface area contributed by atoms with Gasteiger partial charge in [0.15, 0.2) is 0 Å². The number of piperidine rings is 1. The highest BCUT2D eigenvalue weighted by Crippen LogP contribution is 2.24. The summed E-state index contributed by atoms with van der Waals surface area (Å²) in [5, 5.41) is 12.4. The number of hydrogen-bond donors (Lipinski definition) is 2. The van der Waals surface area contributed by atoms with Gasteiger partial charge in [-0.25, -0.2) is 13.2 Å². The third-order valence-corrected chi connectivity index (χ3v) is 6.54. The summed E-state index contributed by atoms with van der Waals surface area (Å²) in [5.41, 5.74) is 0.504. The molecule has 3 rings (SSSR count). The fraction of sp³-hybridized carbons (Fsp3) is 0.278. The molecule has 0 saturated carbocycles. The fourth-order valence-electron chi connectivity index (χ4n) is 2.81. The molecule has 2 aromatic rings. The molecule has 6 nitrogen and oxygen atoms in total. The third-order valence-electron chi connectivity index (χ3n) is 4.22. The number of sulfone groups is 1. The number of rotatable bonds is 3. The molecule has 138 valence electrons. The molecule has 1 unspecified atom stereocenters. The van der Waals surface area contributed by atoms with Crippen LogP contribution in [0.4, 0.5) is 10.5 Å². The van der Waals surface area contributed by atoms with Crippen LogP contribution in [0.1, 0.15) is 12.8 Å². The molecule has 1 heterocycles. The van der Waals surface area contributed by atoms with Gasteiger partial charge in [-0.3, -0.25) is 0 Å². The van der Waals surface area contributed by atoms with Crippen molar-refractivity contribution in [3.63, 3.8) is 0 Å². The van der Waals surface area contributed by atoms with Crippen LogP contribution in [0.5, 0.6) is 0 Å². The number of hydrogen-bond acceptors (Lipinski definition) is 4. The Hall–Kier alpha value is -1.90. The minimum absolute atomic E-state index is 0.159. The van der Waals surface area contributed by atoms with Crippen molar-refractivity contribution >= 4 is 37.5 Å². The summed E-state index contributed by atoms with van der Waals surface area (Å²) >= 11 is 3.28. The fourth-order valence-corrected chi connectivity index (χ4v) is 4.33. The van der Waals surface area contributed by atoms with E-state index in [1.165, 1.54) is 24.3 Å². The summed E-state index contributed by atoms with van der Waals surface area (Å²) in [6.45, 7) is 0.904. The second-order valence-corrected chi connectivity index (χ2v) is 9.02. The van der Waals surface area contributed by atoms with Crippen molar-refractivity contribution < 1.29 is 18.3 Å². The number of nitrogens with one attached hydrogen (secondary N) is 1. The molecular weight excluding hydrogens is 420 g/mol. The SMILES string of the molecule is O=C(Nc1ccc(S(=O)(=O)c2ccc(Br)cc2)cc1)N1CCCC(O)C1. The van der Waals surface area contributed by atoms with Crippen LogP contribution in [0.15, 0.2) is 62.8 Å². The standard InChI is InChI=1S/C18H19BrN2O4S/c19-13-3-7-16(8-4-13)26(24,25)17-9-5-14(6-10-17)20-18(23)21-11-1-2-15(22)12-21/h3-10,15,22H,1-2,11-12H2,(H,20,23). The van der Waals surface area contributed by atoms with Crippen molar-refractivity contribution in [2.45, 2.75) is 28.7 Å². The molecule has 1 aliphatic rings. The maximum absolute atomic E-state index is 12.6. The van der Waals surface area contributed by atoms with Gasteiger partial charge in [-0.2, -0.15) is 0 Å². The van der Waals surface area contributed by atoms with E-state index in [0.717, 1.165) is 10.9 Å². The molecule has 1 aliphatic heterocycles. The summed E-state index contributed by atoms with van der Waals surface area (Å²) in [4.78, 5) is 14.2. The van der Waals surface area contributed by atoms with E-state index < -0.39 is 15.9 Å². The van der Waals surface area contributed by atoms with E-state index in [-0.39, 0.29) is 15.8 Å². The van der Waals surface area contributed by atoms with Crippen LogP contribution in [0.25, 0.3) is 0 Å². The van der Waals surface area contributed by atoms with Crippen LogP contribution < -0.4 is 5.32 Å². The number of β-amino-alcohol motifs (C(OH)–C–C–N with tert-alkyl or cyclic N) is 1. The van der Waals surface area contributed by atoms with Crippen LogP contribution >= 0.6 is 15.9 Å². The highest BCUT2D eigenvalue weighted by atomic mass is 79.9. The predicted molar refractivity (Wildman–Crippen MR) is 102 cm³/mol. The first-order valence-electron chi connectivity index (χ1n) is 8.21. The van der Waals surface area contributed by atoms with Gasteiger partial charge in [-0.15, -0.1) is 0 Å². The first kappa shape index (κ1) is 18.9. The number of aliphatic hydroxyl groups excluding tert-OH is 1. The maximum atomic E-state index is 12.6. The van der Waals surface area contributed by atoms with Crippen molar-refractivity contribution in [3.8, 4) is 0 Å². The Labute approximate surface area is 160 Å². The Kier molecular flexibility index (Phi) is 5.64. The number of benzene rings is 2. The minimum atomic E-state index is -3.61. The van der Waals surface area contributed by atoms with E-state index in [4.69, 9.17) is 0 Å². The van der Waals surface area contributed by atoms with Crippen LogP contribution in [-0.2, 0) is 9.84 Å². The lowest BCUT2D eigenvalue weighted by Gasteiger charge is -2.30. The Balaban J connectivity index is 1.72. The molecule has 8 heteroatoms. The molecule has 1 fully saturated rings. The van der Waals surface area contributed by atoms with E-state index in [1.54, 1.807) is 29.2 Å². The first-order valence-corrected chi connectivity index (χ1v) is 10.5.